The zero-order valence-electron chi connectivity index (χ0n) is 35.4. The molecule has 336 valence electrons. The molecule has 0 aliphatic carbocycles. The number of hydrogen-bond acceptors (Lipinski definition) is 21. The number of nitrogens with one attached hydrogen (secondary N) is 3. The molecule has 0 spiro atoms. The van der Waals surface area contributed by atoms with Crippen molar-refractivity contribution in [3.63, 3.8) is 0 Å². The minimum absolute atomic E-state index is 0.0274. The fraction of sp³-hybridized carbons (Fsp3) is 0.279. The van der Waals surface area contributed by atoms with Crippen molar-refractivity contribution < 1.29 is 5.11 Å². The molecule has 1 unspecified atom stereocenters. The van der Waals surface area contributed by atoms with Crippen molar-refractivity contribution in [2.24, 2.45) is 9.98 Å². The van der Waals surface area contributed by atoms with Gasteiger partial charge in [-0.15, -0.1) is 22.7 Å². The maximum Gasteiger partial charge on any atom is 0.234 e. The first-order valence-corrected chi connectivity index (χ1v) is 26.1. The van der Waals surface area contributed by atoms with E-state index in [4.69, 9.17) is 31.6 Å². The van der Waals surface area contributed by atoms with Crippen molar-refractivity contribution in [3.8, 4) is 19.5 Å². The Morgan fingerprint density at radius 2 is 1.35 bits per heavy atom. The van der Waals surface area contributed by atoms with Crippen molar-refractivity contribution in [3.05, 3.63) is 107 Å². The molecule has 15 nitrogen and oxygen atoms in total. The third-order valence-corrected chi connectivity index (χ3v) is 16.2. The van der Waals surface area contributed by atoms with Gasteiger partial charge in [-0.2, -0.15) is 15.0 Å². The van der Waals surface area contributed by atoms with Crippen LogP contribution in [0.4, 0.5) is 22.2 Å². The molecule has 1 atom stereocenters. The van der Waals surface area contributed by atoms with Gasteiger partial charge in [-0.05, 0) is 84.6 Å². The van der Waals surface area contributed by atoms with Gasteiger partial charge in [0.25, 0.3) is 0 Å². The number of piperazine rings is 2. The lowest BCUT2D eigenvalue weighted by Crippen LogP contribution is -2.55. The number of aliphatic hydroxyl groups excluding tert-OH is 1. The second kappa shape index (κ2) is 21.7. The molecule has 3 aliphatic heterocycles. The summed E-state index contributed by atoms with van der Waals surface area (Å²) in [5, 5.41) is 26.3. The lowest BCUT2D eigenvalue weighted by molar-refractivity contribution is 0.212. The molecule has 0 amide bonds. The lowest BCUT2D eigenvalue weighted by atomic mass is 10.2. The smallest absolute Gasteiger partial charge is 0.234 e. The summed E-state index contributed by atoms with van der Waals surface area (Å²) in [6.07, 6.45) is 3.77. The highest BCUT2D eigenvalue weighted by Gasteiger charge is 2.25. The Kier molecular flexibility index (Phi) is 15.2. The summed E-state index contributed by atoms with van der Waals surface area (Å²) in [6.45, 7) is 7.55. The van der Waals surface area contributed by atoms with Crippen LogP contribution in [0.5, 0.6) is 0 Å². The number of thiophene rings is 2. The number of halogens is 1. The Morgan fingerprint density at radius 3 is 1.97 bits per heavy atom. The van der Waals surface area contributed by atoms with Gasteiger partial charge in [-0.3, -0.25) is 10.6 Å². The van der Waals surface area contributed by atoms with Gasteiger partial charge in [0.1, 0.15) is 0 Å². The second-order valence-corrected chi connectivity index (χ2v) is 21.5. The first-order chi connectivity index (χ1) is 31.8. The van der Waals surface area contributed by atoms with Crippen LogP contribution < -0.4 is 20.9 Å². The van der Waals surface area contributed by atoms with E-state index in [0.717, 1.165) is 93.7 Å². The number of likely N-dealkylation sites (N-methyl/N-ethyl adjacent to an activating group) is 2. The minimum Gasteiger partial charge on any atom is -0.392 e. The molecule has 8 heterocycles. The highest BCUT2D eigenvalue weighted by Crippen LogP contribution is 2.35. The van der Waals surface area contributed by atoms with Gasteiger partial charge in [0.2, 0.25) is 23.8 Å². The predicted octanol–water partition coefficient (Wildman–Crippen LogP) is 8.77. The molecule has 2 saturated heterocycles. The van der Waals surface area contributed by atoms with Crippen LogP contribution >= 0.6 is 80.5 Å². The molecule has 0 radical (unpaired) electrons. The van der Waals surface area contributed by atoms with Crippen LogP contribution in [0.25, 0.3) is 19.5 Å². The molecular formula is C43H45ClN14OS6. The number of benzene rings is 2. The van der Waals surface area contributed by atoms with Crippen LogP contribution in [-0.4, -0.2) is 129 Å². The quantitative estimate of drug-likeness (QED) is 0.0974. The van der Waals surface area contributed by atoms with Gasteiger partial charge in [-0.1, -0.05) is 76.4 Å². The van der Waals surface area contributed by atoms with Crippen LogP contribution in [0.3, 0.4) is 0 Å². The average molecular weight is 1000 g/mol. The third-order valence-electron chi connectivity index (χ3n) is 10.2. The van der Waals surface area contributed by atoms with Crippen LogP contribution in [0.15, 0.2) is 121 Å². The van der Waals surface area contributed by atoms with Gasteiger partial charge in [0.05, 0.1) is 16.4 Å². The highest BCUT2D eigenvalue weighted by molar-refractivity contribution is 8.00. The second-order valence-electron chi connectivity index (χ2n) is 14.9. The minimum atomic E-state index is -0.316. The van der Waals surface area contributed by atoms with E-state index in [1.54, 1.807) is 57.1 Å². The van der Waals surface area contributed by atoms with Crippen LogP contribution in [0.1, 0.15) is 5.56 Å². The first kappa shape index (κ1) is 45.5. The molecule has 5 aromatic heterocycles. The Balaban J connectivity index is 0.000000164. The molecule has 10 rings (SSSR count). The van der Waals surface area contributed by atoms with Gasteiger partial charge in [0.15, 0.2) is 20.9 Å². The van der Waals surface area contributed by atoms with E-state index in [1.165, 1.54) is 21.5 Å². The summed E-state index contributed by atoms with van der Waals surface area (Å²) in [6, 6.07) is 23.8. The van der Waals surface area contributed by atoms with Gasteiger partial charge < -0.3 is 30.0 Å². The maximum absolute atomic E-state index is 9.29. The number of aliphatic hydroxyl groups is 1. The Labute approximate surface area is 406 Å². The largest absolute Gasteiger partial charge is 0.392 e. The molecule has 65 heavy (non-hydrogen) atoms. The number of hydrogen-bond donors (Lipinski definition) is 4. The molecule has 0 saturated carbocycles. The number of aliphatic imine (C=N–C) groups is 2. The van der Waals surface area contributed by atoms with Crippen molar-refractivity contribution in [2.45, 2.75) is 27.1 Å². The molecular weight excluding hydrogens is 956 g/mol. The Hall–Kier alpha value is -4.68. The zero-order valence-corrected chi connectivity index (χ0v) is 41.0. The van der Waals surface area contributed by atoms with E-state index in [-0.39, 0.29) is 12.1 Å². The summed E-state index contributed by atoms with van der Waals surface area (Å²) >= 11 is 15.8. The monoisotopic (exact) mass is 1000 g/mol. The van der Waals surface area contributed by atoms with E-state index in [9.17, 15) is 5.11 Å². The molecule has 0 bridgehead atoms. The van der Waals surface area contributed by atoms with Crippen LogP contribution in [0.2, 0.25) is 5.02 Å². The normalized spacial score (nSPS) is 16.9. The first-order valence-electron chi connectivity index (χ1n) is 20.7. The number of thioether (sulfide) groups is 1. The Morgan fingerprint density at radius 1 is 0.708 bits per heavy atom. The van der Waals surface area contributed by atoms with E-state index in [2.05, 4.69) is 93.6 Å². The number of rotatable bonds is 11. The summed E-state index contributed by atoms with van der Waals surface area (Å²) in [5.41, 5.74) is 0.560. The SMILES string of the molecule is CN1CCN(C2=NC(Sc3cccc(Cl)c3)N=C(Nc3ncc(-c4cccs4)s3)N2)CC1.CN1CCN(c2nc(Nc3ncc(-c4cccs4)s3)nc(Sc3ccc(CO)cc3)n2)CC1. The summed E-state index contributed by atoms with van der Waals surface area (Å²) in [4.78, 5) is 48.7. The Bertz CT molecular complexity index is 2680. The van der Waals surface area contributed by atoms with Gasteiger partial charge >= 0.3 is 0 Å². The van der Waals surface area contributed by atoms with E-state index < -0.39 is 0 Å². The maximum atomic E-state index is 9.29. The summed E-state index contributed by atoms with van der Waals surface area (Å²) in [7, 11) is 4.27. The predicted molar refractivity (Wildman–Crippen MR) is 272 cm³/mol. The number of anilines is 4. The number of thiazole rings is 2. The van der Waals surface area contributed by atoms with Gasteiger partial charge in [0, 0.05) is 89.3 Å². The van der Waals surface area contributed by atoms with Crippen molar-refractivity contribution in [1.29, 1.82) is 0 Å². The van der Waals surface area contributed by atoms with E-state index >= 15 is 0 Å². The molecule has 22 heteroatoms. The molecule has 2 fully saturated rings. The van der Waals surface area contributed by atoms with E-state index in [0.29, 0.717) is 28.0 Å². The highest BCUT2D eigenvalue weighted by atomic mass is 35.5. The average Bonchev–Trinajstić information content (AvgIpc) is 4.17. The fourth-order valence-corrected chi connectivity index (χ4v) is 11.8. The summed E-state index contributed by atoms with van der Waals surface area (Å²) in [5.74, 6) is 2.65. The molecule has 7 aromatic rings. The topological polar surface area (TPSA) is 158 Å². The van der Waals surface area contributed by atoms with Crippen LogP contribution in [0, 0.1) is 0 Å². The number of nitrogens with zero attached hydrogens (tertiary/aromatic N) is 11. The molecule has 3 aliphatic rings. The van der Waals surface area contributed by atoms with Crippen LogP contribution in [-0.2, 0) is 6.61 Å². The zero-order chi connectivity index (χ0) is 44.5. The third kappa shape index (κ3) is 12.4. The van der Waals surface area contributed by atoms with Crippen molar-refractivity contribution in [2.75, 3.05) is 82.0 Å². The standard InChI is InChI=1S/C22H23N7OS3.C21H22ClN7S3/c1-28-8-10-29(11-9-28)20-24-19(25-21-23-13-18(33-21)17-3-2-12-31-17)26-22(27-20)32-16-6-4-15(14-30)5-7-16;1-28-7-9-29(10-8-28)19-24-18(25-20-23-13-17(32-20)16-6-3-11-30-16)26-21(27-19)31-15-5-2-4-14(22)12-15/h2-7,12-13,30H,8-11,14H2,1H3,(H,23,24,25,26,27);2-6,11-13,21H,7-10H2,1H3,(H2,23,24,25,26,27). The fourth-order valence-electron chi connectivity index (χ4n) is 6.66. The van der Waals surface area contributed by atoms with Crippen molar-refractivity contribution in [1.82, 2.24) is 44.9 Å². The van der Waals surface area contributed by atoms with Crippen molar-refractivity contribution >= 4 is 115 Å². The lowest BCUT2D eigenvalue weighted by Gasteiger charge is -2.36. The molecule has 2 aromatic carbocycles. The van der Waals surface area contributed by atoms with Gasteiger partial charge in [-0.25, -0.2) is 20.0 Å². The van der Waals surface area contributed by atoms with E-state index in [1.807, 2.05) is 67.0 Å². The molecule has 4 N–H and O–H groups in total. The number of aromatic nitrogens is 5. The number of guanidine groups is 2. The summed E-state index contributed by atoms with van der Waals surface area (Å²) < 4.78 is 0.